The molecule has 120 valence electrons. The zero-order chi connectivity index (χ0) is 15.9. The summed E-state index contributed by atoms with van der Waals surface area (Å²) in [5.41, 5.74) is 1.87. The number of carbonyl (C=O) groups excluding carboxylic acids is 2. The smallest absolute Gasteiger partial charge is 0.222 e. The van der Waals surface area contributed by atoms with Crippen LogP contribution in [-0.4, -0.2) is 42.8 Å². The number of carbonyl (C=O) groups is 2. The van der Waals surface area contributed by atoms with E-state index in [1.54, 1.807) is 6.92 Å². The van der Waals surface area contributed by atoms with Gasteiger partial charge in [0.05, 0.1) is 0 Å². The van der Waals surface area contributed by atoms with E-state index in [1.165, 1.54) is 0 Å². The molecule has 0 unspecified atom stereocenters. The van der Waals surface area contributed by atoms with Gasteiger partial charge in [0.15, 0.2) is 5.78 Å². The Kier molecular flexibility index (Phi) is 5.99. The van der Waals surface area contributed by atoms with E-state index in [9.17, 15) is 9.59 Å². The van der Waals surface area contributed by atoms with Crippen molar-refractivity contribution >= 4 is 17.4 Å². The second-order valence-electron chi connectivity index (χ2n) is 5.93. The molecule has 1 heterocycles. The van der Waals surface area contributed by atoms with Crippen molar-refractivity contribution in [1.29, 1.82) is 0 Å². The number of benzene rings is 1. The quantitative estimate of drug-likeness (QED) is 0.599. The molecule has 1 amide bonds. The lowest BCUT2D eigenvalue weighted by Gasteiger charge is -2.36. The minimum absolute atomic E-state index is 0.0917. The fourth-order valence-corrected chi connectivity index (χ4v) is 2.81. The van der Waals surface area contributed by atoms with Crippen molar-refractivity contribution in [3.05, 3.63) is 29.8 Å². The van der Waals surface area contributed by atoms with Crippen molar-refractivity contribution in [3.8, 4) is 0 Å². The molecule has 0 bridgehead atoms. The van der Waals surface area contributed by atoms with E-state index in [0.29, 0.717) is 12.3 Å². The Labute approximate surface area is 133 Å². The SMILES string of the molecule is CCCCCC(=O)N1CCN(c2ccc(C(C)=O)cc2)CC1. The number of ketones is 1. The molecule has 0 N–H and O–H groups in total. The molecule has 1 aromatic carbocycles. The number of rotatable bonds is 6. The molecule has 0 atom stereocenters. The minimum Gasteiger partial charge on any atom is -0.368 e. The van der Waals surface area contributed by atoms with Gasteiger partial charge in [-0.2, -0.15) is 0 Å². The number of hydrogen-bond donors (Lipinski definition) is 0. The van der Waals surface area contributed by atoms with Crippen molar-refractivity contribution in [3.63, 3.8) is 0 Å². The summed E-state index contributed by atoms with van der Waals surface area (Å²) in [4.78, 5) is 27.7. The summed E-state index contributed by atoms with van der Waals surface area (Å²) < 4.78 is 0. The van der Waals surface area contributed by atoms with Crippen LogP contribution in [-0.2, 0) is 4.79 Å². The molecule has 0 aromatic heterocycles. The van der Waals surface area contributed by atoms with Gasteiger partial charge in [-0.3, -0.25) is 9.59 Å². The maximum Gasteiger partial charge on any atom is 0.222 e. The Balaban J connectivity index is 1.83. The van der Waals surface area contributed by atoms with Crippen LogP contribution >= 0.6 is 0 Å². The standard InChI is InChI=1S/C18H26N2O2/c1-3-4-5-6-18(22)20-13-11-19(12-14-20)17-9-7-16(8-10-17)15(2)21/h7-10H,3-6,11-14H2,1-2H3. The molecule has 0 spiro atoms. The molecule has 1 aliphatic rings. The highest BCUT2D eigenvalue weighted by Crippen LogP contribution is 2.18. The highest BCUT2D eigenvalue weighted by atomic mass is 16.2. The predicted octanol–water partition coefficient (Wildman–Crippen LogP) is 3.12. The average Bonchev–Trinajstić information content (AvgIpc) is 2.55. The molecular weight excluding hydrogens is 276 g/mol. The Morgan fingerprint density at radius 3 is 2.18 bits per heavy atom. The van der Waals surface area contributed by atoms with Crippen molar-refractivity contribution in [2.45, 2.75) is 39.5 Å². The van der Waals surface area contributed by atoms with Gasteiger partial charge < -0.3 is 9.80 Å². The van der Waals surface area contributed by atoms with Crippen molar-refractivity contribution < 1.29 is 9.59 Å². The van der Waals surface area contributed by atoms with Crippen LogP contribution in [0.3, 0.4) is 0 Å². The second kappa shape index (κ2) is 7.97. The molecule has 4 nitrogen and oxygen atoms in total. The number of unbranched alkanes of at least 4 members (excludes halogenated alkanes) is 2. The number of amides is 1. The van der Waals surface area contributed by atoms with Crippen LogP contribution < -0.4 is 4.90 Å². The number of nitrogens with zero attached hydrogens (tertiary/aromatic N) is 2. The molecule has 0 saturated carbocycles. The normalized spacial score (nSPS) is 15.0. The molecule has 1 aliphatic heterocycles. The lowest BCUT2D eigenvalue weighted by atomic mass is 10.1. The lowest BCUT2D eigenvalue weighted by molar-refractivity contribution is -0.131. The first-order valence-electron chi connectivity index (χ1n) is 8.25. The van der Waals surface area contributed by atoms with Gasteiger partial charge in [0.1, 0.15) is 0 Å². The number of Topliss-reactive ketones (excluding diaryl/α,β-unsaturated/α-hetero) is 1. The lowest BCUT2D eigenvalue weighted by Crippen LogP contribution is -2.48. The first kappa shape index (κ1) is 16.5. The van der Waals surface area contributed by atoms with Crippen LogP contribution in [0.1, 0.15) is 49.9 Å². The van der Waals surface area contributed by atoms with Gasteiger partial charge in [-0.15, -0.1) is 0 Å². The number of hydrogen-bond acceptors (Lipinski definition) is 3. The summed E-state index contributed by atoms with van der Waals surface area (Å²) in [5.74, 6) is 0.383. The number of piperazine rings is 1. The van der Waals surface area contributed by atoms with Gasteiger partial charge in [0, 0.05) is 43.9 Å². The second-order valence-corrected chi connectivity index (χ2v) is 5.93. The fraction of sp³-hybridized carbons (Fsp3) is 0.556. The fourth-order valence-electron chi connectivity index (χ4n) is 2.81. The summed E-state index contributed by atoms with van der Waals surface area (Å²) in [6.07, 6.45) is 3.97. The Bertz CT molecular complexity index is 502. The molecule has 22 heavy (non-hydrogen) atoms. The van der Waals surface area contributed by atoms with Crippen molar-refractivity contribution in [1.82, 2.24) is 4.90 Å². The Morgan fingerprint density at radius 1 is 1.00 bits per heavy atom. The van der Waals surface area contributed by atoms with Crippen LogP contribution in [0.15, 0.2) is 24.3 Å². The molecule has 2 rings (SSSR count). The van der Waals surface area contributed by atoms with Gasteiger partial charge in [0.25, 0.3) is 0 Å². The van der Waals surface area contributed by atoms with E-state index >= 15 is 0 Å². The summed E-state index contributed by atoms with van der Waals surface area (Å²) >= 11 is 0. The highest BCUT2D eigenvalue weighted by Gasteiger charge is 2.20. The van der Waals surface area contributed by atoms with Crippen LogP contribution in [0.2, 0.25) is 0 Å². The minimum atomic E-state index is 0.0917. The third-order valence-electron chi connectivity index (χ3n) is 4.27. The predicted molar refractivity (Wildman–Crippen MR) is 89.4 cm³/mol. The molecule has 0 aliphatic carbocycles. The zero-order valence-corrected chi connectivity index (χ0v) is 13.7. The average molecular weight is 302 g/mol. The monoisotopic (exact) mass is 302 g/mol. The summed E-state index contributed by atoms with van der Waals surface area (Å²) in [6.45, 7) is 7.04. The van der Waals surface area contributed by atoms with Crippen molar-refractivity contribution in [2.75, 3.05) is 31.1 Å². The van der Waals surface area contributed by atoms with Crippen LogP contribution in [0.5, 0.6) is 0 Å². The maximum atomic E-state index is 12.1. The summed E-state index contributed by atoms with van der Waals surface area (Å²) in [6, 6.07) is 7.74. The Hall–Kier alpha value is -1.84. The topological polar surface area (TPSA) is 40.6 Å². The molecular formula is C18H26N2O2. The summed E-state index contributed by atoms with van der Waals surface area (Å²) in [7, 11) is 0. The van der Waals surface area contributed by atoms with Gasteiger partial charge in [-0.1, -0.05) is 19.8 Å². The third-order valence-corrected chi connectivity index (χ3v) is 4.27. The molecule has 1 aromatic rings. The first-order valence-corrected chi connectivity index (χ1v) is 8.25. The largest absolute Gasteiger partial charge is 0.368 e. The van der Waals surface area contributed by atoms with Gasteiger partial charge in [-0.05, 0) is 37.6 Å². The third kappa shape index (κ3) is 4.33. The molecule has 1 fully saturated rings. The molecule has 1 saturated heterocycles. The van der Waals surface area contributed by atoms with E-state index in [-0.39, 0.29) is 5.78 Å². The van der Waals surface area contributed by atoms with Gasteiger partial charge in [-0.25, -0.2) is 0 Å². The maximum absolute atomic E-state index is 12.1. The van der Waals surface area contributed by atoms with Crippen LogP contribution in [0.4, 0.5) is 5.69 Å². The van der Waals surface area contributed by atoms with Gasteiger partial charge >= 0.3 is 0 Å². The first-order chi connectivity index (χ1) is 10.6. The van der Waals surface area contributed by atoms with Crippen molar-refractivity contribution in [2.24, 2.45) is 0 Å². The molecule has 0 radical (unpaired) electrons. The van der Waals surface area contributed by atoms with Crippen LogP contribution in [0.25, 0.3) is 0 Å². The van der Waals surface area contributed by atoms with E-state index in [1.807, 2.05) is 29.2 Å². The van der Waals surface area contributed by atoms with E-state index in [2.05, 4.69) is 11.8 Å². The zero-order valence-electron chi connectivity index (χ0n) is 13.7. The Morgan fingerprint density at radius 2 is 1.64 bits per heavy atom. The summed E-state index contributed by atoms with van der Waals surface area (Å²) in [5, 5.41) is 0. The van der Waals surface area contributed by atoms with E-state index in [4.69, 9.17) is 0 Å². The van der Waals surface area contributed by atoms with Crippen LogP contribution in [0, 0.1) is 0 Å². The van der Waals surface area contributed by atoms with Gasteiger partial charge in [0.2, 0.25) is 5.91 Å². The number of anilines is 1. The van der Waals surface area contributed by atoms with E-state index < -0.39 is 0 Å². The highest BCUT2D eigenvalue weighted by molar-refractivity contribution is 5.94. The van der Waals surface area contributed by atoms with E-state index in [0.717, 1.165) is 56.7 Å². The molecule has 4 heteroatoms.